The molecule has 4 aromatic carbocycles. The molecule has 4 atom stereocenters. The second-order valence-corrected chi connectivity index (χ2v) is 34.7. The molecule has 0 radical (unpaired) electrons. The summed E-state index contributed by atoms with van der Waals surface area (Å²) in [6.07, 6.45) is 13.2. The molecule has 12 N–H and O–H groups in total. The summed E-state index contributed by atoms with van der Waals surface area (Å²) in [6, 6.07) is 18.8. The number of guanidine groups is 1. The molecule has 590 valence electrons. The third kappa shape index (κ3) is 24.1. The maximum Gasteiger partial charge on any atom is 0.305 e. The van der Waals surface area contributed by atoms with Crippen LogP contribution >= 0.6 is 0 Å². The van der Waals surface area contributed by atoms with Crippen molar-refractivity contribution < 1.29 is 88.0 Å². The molecule has 1 aliphatic carbocycles. The second-order valence-electron chi connectivity index (χ2n) is 31.9. The van der Waals surface area contributed by atoms with Gasteiger partial charge in [0.1, 0.15) is 35.1 Å². The normalized spacial score (nSPS) is 20.3. The summed E-state index contributed by atoms with van der Waals surface area (Å²) in [6.45, 7) is 10.6. The number of carboxylic acid groups (broad SMARTS) is 1. The molecule has 27 nitrogen and oxygen atoms in total. The minimum absolute atomic E-state index is 0.00275. The lowest BCUT2D eigenvalue weighted by molar-refractivity contribution is -0.871. The van der Waals surface area contributed by atoms with Crippen LogP contribution in [0.25, 0.3) is 0 Å². The van der Waals surface area contributed by atoms with Crippen LogP contribution in [0, 0.1) is 5.92 Å². The molecule has 4 aromatic rings. The summed E-state index contributed by atoms with van der Waals surface area (Å²) < 4.78 is 81.4. The van der Waals surface area contributed by atoms with Gasteiger partial charge >= 0.3 is 5.97 Å². The number of aliphatic carboxylic acids is 1. The van der Waals surface area contributed by atoms with Gasteiger partial charge in [-0.3, -0.25) is 47.7 Å². The van der Waals surface area contributed by atoms with Crippen molar-refractivity contribution in [3.05, 3.63) is 154 Å². The summed E-state index contributed by atoms with van der Waals surface area (Å²) in [5.41, 5.74) is 17.9. The fourth-order valence-corrected chi connectivity index (χ4v) is 15.5. The van der Waals surface area contributed by atoms with Crippen LogP contribution in [0.4, 0.5) is 11.4 Å². The smallest absolute Gasteiger partial charge is 0.305 e. The van der Waals surface area contributed by atoms with Gasteiger partial charge in [-0.05, 0) is 166 Å². The van der Waals surface area contributed by atoms with E-state index in [2.05, 4.69) is 102 Å². The molecule has 1 saturated heterocycles. The zero-order chi connectivity index (χ0) is 80.0. The molecule has 0 bridgehead atoms. The summed E-state index contributed by atoms with van der Waals surface area (Å²) in [5, 5.41) is 29.8. The Balaban J connectivity index is 1.03. The van der Waals surface area contributed by atoms with E-state index >= 15 is 0 Å². The molecule has 1 fully saturated rings. The number of hydrogen-bond acceptors (Lipinski definition) is 15. The number of aliphatic imine (C=N–C) groups is 1. The number of carbonyl (C=O) groups is 7. The van der Waals surface area contributed by atoms with Crippen LogP contribution in [0.15, 0.2) is 147 Å². The molecular weight excluding hydrogens is 1440 g/mol. The number of allylic oxidation sites excluding steroid dienone is 7. The van der Waals surface area contributed by atoms with Crippen LogP contribution in [0.5, 0.6) is 11.5 Å². The van der Waals surface area contributed by atoms with Crippen molar-refractivity contribution in [1.82, 2.24) is 21.3 Å². The van der Waals surface area contributed by atoms with E-state index in [-0.39, 0.29) is 72.4 Å². The van der Waals surface area contributed by atoms with Crippen molar-refractivity contribution in [3.8, 4) is 11.5 Å². The third-order valence-electron chi connectivity index (χ3n) is 20.4. The number of amides is 4. The number of nitrogens with zero attached hydrogens (tertiary/aromatic N) is 5. The van der Waals surface area contributed by atoms with Gasteiger partial charge in [0.05, 0.1) is 96.0 Å². The molecule has 0 spiro atoms. The molecular formula is C80H110N11O16S2+3. The van der Waals surface area contributed by atoms with Crippen molar-refractivity contribution in [1.29, 1.82) is 0 Å². The molecule has 8 rings (SSSR count). The number of quaternary nitrogens is 2. The van der Waals surface area contributed by atoms with Crippen LogP contribution in [-0.4, -0.2) is 202 Å². The van der Waals surface area contributed by atoms with Gasteiger partial charge in [0.25, 0.3) is 20.2 Å². The Morgan fingerprint density at radius 2 is 1.33 bits per heavy atom. The lowest BCUT2D eigenvalue weighted by Crippen LogP contribution is -2.54. The Morgan fingerprint density at radius 1 is 0.688 bits per heavy atom. The van der Waals surface area contributed by atoms with E-state index < -0.39 is 110 Å². The number of unbranched alkanes of at least 4 members (excludes halogenated alkanes) is 2. The predicted octanol–water partition coefficient (Wildman–Crippen LogP) is 7.52. The number of Topliss-reactive ketones (excluding diaryl/α,β-unsaturated/α-hetero) is 2. The van der Waals surface area contributed by atoms with Crippen molar-refractivity contribution in [2.45, 2.75) is 176 Å². The second kappa shape index (κ2) is 36.4. The van der Waals surface area contributed by atoms with Crippen LogP contribution in [-0.2, 0) is 77.5 Å². The highest BCUT2D eigenvalue weighted by Crippen LogP contribution is 2.49. The van der Waals surface area contributed by atoms with Crippen molar-refractivity contribution in [2.24, 2.45) is 22.4 Å². The van der Waals surface area contributed by atoms with Crippen LogP contribution in [0.3, 0.4) is 0 Å². The summed E-state index contributed by atoms with van der Waals surface area (Å²) in [7, 11) is 3.78. The minimum atomic E-state index is -4.51. The molecule has 0 saturated carbocycles. The lowest BCUT2D eigenvalue weighted by atomic mass is 9.81. The first-order chi connectivity index (χ1) is 51.1. The average Bonchev–Trinajstić information content (AvgIpc) is 1.59. The molecule has 4 aliphatic rings. The van der Waals surface area contributed by atoms with Gasteiger partial charge in [-0.1, -0.05) is 57.0 Å². The van der Waals surface area contributed by atoms with Crippen LogP contribution in [0.1, 0.15) is 146 Å². The maximum absolute atomic E-state index is 14.5. The van der Waals surface area contributed by atoms with Gasteiger partial charge in [0, 0.05) is 79.2 Å². The molecule has 109 heavy (non-hydrogen) atoms. The van der Waals surface area contributed by atoms with E-state index in [9.17, 15) is 69.7 Å². The van der Waals surface area contributed by atoms with Gasteiger partial charge in [0.2, 0.25) is 29.3 Å². The highest BCUT2D eigenvalue weighted by molar-refractivity contribution is 7.86. The van der Waals surface area contributed by atoms with Crippen LogP contribution < -0.4 is 42.4 Å². The number of ketones is 2. The van der Waals surface area contributed by atoms with Gasteiger partial charge < -0.3 is 61.6 Å². The molecule has 0 unspecified atom stereocenters. The fourth-order valence-electron chi connectivity index (χ4n) is 14.4. The number of fused-ring (bicyclic) bond motifs is 2. The number of aryl methyl sites for hydroxylation is 1. The first kappa shape index (κ1) is 85.2. The number of ether oxygens (including phenoxy) is 1. The lowest BCUT2D eigenvalue weighted by Gasteiger charge is -2.29. The van der Waals surface area contributed by atoms with Crippen LogP contribution in [0.2, 0.25) is 0 Å². The number of rotatable bonds is 32. The average molecular weight is 1550 g/mol. The van der Waals surface area contributed by atoms with E-state index in [4.69, 9.17) is 16.2 Å². The number of hydrogen-bond donors (Lipinski definition) is 10. The Kier molecular flexibility index (Phi) is 28.5. The number of nitrogens with one attached hydrogen (secondary N) is 4. The van der Waals surface area contributed by atoms with Crippen molar-refractivity contribution >= 4 is 84.4 Å². The largest absolute Gasteiger partial charge is 0.508 e. The van der Waals surface area contributed by atoms with E-state index in [1.165, 1.54) is 36.4 Å². The Bertz CT molecular complexity index is 4490. The monoisotopic (exact) mass is 1540 g/mol. The van der Waals surface area contributed by atoms with E-state index in [1.807, 2.05) is 52.0 Å². The number of carbonyl (C=O) groups excluding carboxylic acids is 6. The first-order valence-corrected chi connectivity index (χ1v) is 40.1. The number of benzene rings is 4. The SMILES string of the molecule is CC1(C)C(/C=C/C2=C(Oc3ccc(CCC(=O)CCCCC[C@@H]4CC(=O)[C@@H](Cc5ccc(O)cc5)NC(=O)[C@H](CC(=O)O)NC(=O)CNC(=O)[C@H](CCCN=C(N)N)NC4=O)cc3)C(=C/C=C3/N(CCC[N+](C)(C)C)c4ccc(S(=O)(=O)O)cc4C3(C)C)/CCC2)=[N+](CCC[N+](C)(C)C)c2ccc(S(=O)(=O)O)cc21. The van der Waals surface area contributed by atoms with Gasteiger partial charge in [-0.25, -0.2) is 0 Å². The number of nitrogens with two attached hydrogens (primary N) is 2. The fraction of sp³-hybridized carbons (Fsp3) is 0.487. The molecule has 3 aliphatic heterocycles. The number of aromatic hydroxyl groups is 1. The summed E-state index contributed by atoms with van der Waals surface area (Å²) >= 11 is 0. The zero-order valence-corrected chi connectivity index (χ0v) is 66.0. The molecule has 0 aromatic heterocycles. The predicted molar refractivity (Wildman–Crippen MR) is 416 cm³/mol. The number of anilines is 1. The van der Waals surface area contributed by atoms with Gasteiger partial charge in [-0.15, -0.1) is 0 Å². The quantitative estimate of drug-likeness (QED) is 0.00564. The number of carboxylic acids is 1. The minimum Gasteiger partial charge on any atom is -0.508 e. The maximum atomic E-state index is 14.5. The van der Waals surface area contributed by atoms with E-state index in [0.29, 0.717) is 68.7 Å². The van der Waals surface area contributed by atoms with Gasteiger partial charge in [0.15, 0.2) is 24.0 Å². The topological polar surface area (TPSA) is 397 Å². The van der Waals surface area contributed by atoms with Gasteiger partial charge in [-0.2, -0.15) is 21.4 Å². The van der Waals surface area contributed by atoms with Crippen molar-refractivity contribution in [2.75, 3.05) is 86.5 Å². The Morgan fingerprint density at radius 3 is 1.98 bits per heavy atom. The standard InChI is InChI=1S/C80H107N11O16S2/c1-79(2)62-48-60(108(101,102)103)35-37-67(62)88(42-16-44-90(5,6)7)70(79)39-28-54-19-14-20-55(29-40-71-80(3,4)63-49-61(109(104,105)106)36-38-68(63)89(71)43-17-45-91(8,9)10)74(54)107-59-33-26-52(27-34-59)23-30-57(92)21-13-11-12-18-56-47-69(94)65(46-53-24-31-58(93)32-25-53)87-77(100)66(50-73(96)97)85-72(95)51-84-76(99)64(86-75(56)98)22-15-41-83-78(81)82/h24-29,31-40,48-49,56,64-66H,11-23,30,41-47,50-51H2,1-10H3,(H9-3,81,82,83,84,85,86,87,93,95,96,97,98,99,100,101,102,103,104,105,106)/p+3/t56-,64+,65-,66+/m1/s1. The summed E-state index contributed by atoms with van der Waals surface area (Å²) in [4.78, 5) is 101. The van der Waals surface area contributed by atoms with E-state index in [0.717, 1.165) is 91.9 Å². The number of phenolic OH excluding ortho intramolecular Hbond substituents is 1. The molecule has 3 heterocycles. The highest BCUT2D eigenvalue weighted by atomic mass is 32.2. The highest BCUT2D eigenvalue weighted by Gasteiger charge is 2.46. The Labute approximate surface area is 640 Å². The Hall–Kier alpha value is -9.39. The first-order valence-electron chi connectivity index (χ1n) is 37.2. The van der Waals surface area contributed by atoms with Crippen molar-refractivity contribution in [3.63, 3.8) is 0 Å². The third-order valence-corrected chi connectivity index (χ3v) is 22.1. The number of phenols is 1. The summed E-state index contributed by atoms with van der Waals surface area (Å²) in [5.74, 6) is -5.45. The van der Waals surface area contributed by atoms with E-state index in [1.54, 1.807) is 24.3 Å². The molecule has 4 amide bonds. The zero-order valence-electron chi connectivity index (χ0n) is 64.4. The molecule has 29 heteroatoms.